The van der Waals surface area contributed by atoms with Crippen LogP contribution in [-0.4, -0.2) is 41.4 Å². The molecule has 0 unspecified atom stereocenters. The topological polar surface area (TPSA) is 80.6 Å². The first kappa shape index (κ1) is 24.6. The number of anilines is 1. The van der Waals surface area contributed by atoms with Crippen molar-refractivity contribution in [3.63, 3.8) is 0 Å². The van der Waals surface area contributed by atoms with Crippen molar-refractivity contribution in [2.45, 2.75) is 50.7 Å². The quantitative estimate of drug-likeness (QED) is 0.420. The van der Waals surface area contributed by atoms with Gasteiger partial charge in [-0.15, -0.1) is 0 Å². The second-order valence-electron chi connectivity index (χ2n) is 8.75. The monoisotopic (exact) mass is 488 g/mol. The van der Waals surface area contributed by atoms with E-state index in [9.17, 15) is 18.0 Å². The van der Waals surface area contributed by atoms with Gasteiger partial charge in [0, 0.05) is 35.2 Å². The van der Waals surface area contributed by atoms with E-state index in [1.54, 1.807) is 0 Å². The van der Waals surface area contributed by atoms with Crippen LogP contribution in [0.2, 0.25) is 0 Å². The van der Waals surface area contributed by atoms with Gasteiger partial charge in [-0.2, -0.15) is 13.2 Å². The number of aromatic nitrogens is 1. The zero-order valence-electron chi connectivity index (χ0n) is 19.3. The van der Waals surface area contributed by atoms with Gasteiger partial charge in [0.25, 0.3) is 0 Å². The second kappa shape index (κ2) is 10.0. The maximum atomic E-state index is 12.2. The van der Waals surface area contributed by atoms with E-state index >= 15 is 0 Å². The number of hydrogen-bond acceptors (Lipinski definition) is 4. The van der Waals surface area contributed by atoms with Crippen molar-refractivity contribution in [3.05, 3.63) is 53.6 Å². The lowest BCUT2D eigenvalue weighted by Crippen LogP contribution is -2.21. The number of carbonyl (C=O) groups is 2. The first-order valence-corrected chi connectivity index (χ1v) is 11.6. The average Bonchev–Trinajstić information content (AvgIpc) is 3.05. The van der Waals surface area contributed by atoms with Gasteiger partial charge < -0.3 is 19.7 Å². The molecule has 5 rings (SSSR count). The van der Waals surface area contributed by atoms with Crippen molar-refractivity contribution in [2.24, 2.45) is 0 Å². The molecule has 0 atom stereocenters. The summed E-state index contributed by atoms with van der Waals surface area (Å²) in [7, 11) is 1.44. The summed E-state index contributed by atoms with van der Waals surface area (Å²) in [6.45, 7) is 1.76. The van der Waals surface area contributed by atoms with E-state index in [2.05, 4.69) is 40.2 Å². The molecule has 2 aliphatic rings. The van der Waals surface area contributed by atoms with Crippen LogP contribution in [0.1, 0.15) is 53.9 Å². The third-order valence-electron chi connectivity index (χ3n) is 6.61. The van der Waals surface area contributed by atoms with Crippen LogP contribution in [0.5, 0.6) is 0 Å². The molecule has 1 aliphatic carbocycles. The van der Waals surface area contributed by atoms with Gasteiger partial charge >= 0.3 is 18.1 Å². The second-order valence-corrected chi connectivity index (χ2v) is 8.75. The minimum absolute atomic E-state index is 0.274. The van der Waals surface area contributed by atoms with Crippen LogP contribution >= 0.6 is 0 Å². The number of rotatable bonds is 2. The highest BCUT2D eigenvalue weighted by Gasteiger charge is 2.38. The Balaban J connectivity index is 0.000000364. The smallest absolute Gasteiger partial charge is 0.475 e. The van der Waals surface area contributed by atoms with Gasteiger partial charge in [0.2, 0.25) is 0 Å². The van der Waals surface area contributed by atoms with Crippen LogP contribution in [-0.2, 0) is 16.1 Å². The summed E-state index contributed by atoms with van der Waals surface area (Å²) in [6, 6.07) is 14.7. The Labute approximate surface area is 200 Å². The molecule has 2 aromatic carbocycles. The number of methoxy groups -OCH3 is 1. The molecule has 2 heterocycles. The zero-order valence-corrected chi connectivity index (χ0v) is 19.3. The minimum Gasteiger partial charge on any atom is -0.475 e. The van der Waals surface area contributed by atoms with Crippen molar-refractivity contribution in [2.75, 3.05) is 19.0 Å². The molecule has 0 bridgehead atoms. The lowest BCUT2D eigenvalue weighted by Gasteiger charge is -2.23. The molecule has 1 aromatic heterocycles. The van der Waals surface area contributed by atoms with E-state index < -0.39 is 12.1 Å². The van der Waals surface area contributed by atoms with Gasteiger partial charge in [0.15, 0.2) is 0 Å². The van der Waals surface area contributed by atoms with Gasteiger partial charge in [-0.25, -0.2) is 9.59 Å². The number of nitrogens with zero attached hydrogens (tertiary/aromatic N) is 1. The molecule has 1 saturated carbocycles. The zero-order chi connectivity index (χ0) is 25.2. The third kappa shape index (κ3) is 4.99. The highest BCUT2D eigenvalue weighted by atomic mass is 19.4. The number of halogens is 3. The number of para-hydroxylation sites is 1. The molecule has 0 amide bonds. The molecule has 0 spiro atoms. The first-order chi connectivity index (χ1) is 16.7. The molecule has 3 aromatic rings. The molecule has 2 N–H and O–H groups in total. The maximum Gasteiger partial charge on any atom is 0.490 e. The Kier molecular flexibility index (Phi) is 7.05. The fourth-order valence-corrected chi connectivity index (χ4v) is 5.09. The highest BCUT2D eigenvalue weighted by molar-refractivity contribution is 6.00. The number of benzene rings is 2. The van der Waals surface area contributed by atoms with E-state index in [0.717, 1.165) is 18.6 Å². The normalized spacial score (nSPS) is 15.7. The van der Waals surface area contributed by atoms with E-state index in [-0.39, 0.29) is 5.97 Å². The third-order valence-corrected chi connectivity index (χ3v) is 6.61. The van der Waals surface area contributed by atoms with Crippen LogP contribution in [0.3, 0.4) is 0 Å². The summed E-state index contributed by atoms with van der Waals surface area (Å²) in [6.07, 6.45) is 1.36. The Bertz CT molecular complexity index is 1240. The van der Waals surface area contributed by atoms with E-state index in [4.69, 9.17) is 14.6 Å². The van der Waals surface area contributed by atoms with Crippen molar-refractivity contribution < 1.29 is 32.6 Å². The number of fused-ring (bicyclic) bond motifs is 5. The number of ether oxygens (including phenoxy) is 1. The van der Waals surface area contributed by atoms with Gasteiger partial charge in [-0.3, -0.25) is 0 Å². The highest BCUT2D eigenvalue weighted by Crippen LogP contribution is 2.46. The van der Waals surface area contributed by atoms with Crippen LogP contribution in [0.25, 0.3) is 22.2 Å². The standard InChI is InChI=1S/C24H26N2O2.C2HF3O2/c1-28-24(27)17-11-12-19-21(15-17)26-14-13-25-20-10-6-5-9-18(20)23(26)22(19)16-7-3-2-4-8-16;3-2(4,5)1(6)7/h5-6,9-12,15-16,25H,2-4,7-8,13-14H2,1H3;(H,6,7). The van der Waals surface area contributed by atoms with Gasteiger partial charge in [0.1, 0.15) is 0 Å². The number of carboxylic acid groups (broad SMARTS) is 1. The summed E-state index contributed by atoms with van der Waals surface area (Å²) in [5.74, 6) is -2.45. The van der Waals surface area contributed by atoms with Crippen molar-refractivity contribution in [1.82, 2.24) is 4.57 Å². The molecule has 1 aliphatic heterocycles. The summed E-state index contributed by atoms with van der Waals surface area (Å²) in [5.41, 5.74) is 7.06. The number of hydrogen-bond donors (Lipinski definition) is 2. The summed E-state index contributed by atoms with van der Waals surface area (Å²) >= 11 is 0. The predicted molar refractivity (Wildman–Crippen MR) is 127 cm³/mol. The van der Waals surface area contributed by atoms with Crippen LogP contribution in [0.4, 0.5) is 18.9 Å². The minimum atomic E-state index is -5.08. The molecule has 6 nitrogen and oxygen atoms in total. The number of aliphatic carboxylic acids is 1. The maximum absolute atomic E-state index is 12.2. The largest absolute Gasteiger partial charge is 0.490 e. The lowest BCUT2D eigenvalue weighted by molar-refractivity contribution is -0.192. The Morgan fingerprint density at radius 1 is 1.09 bits per heavy atom. The Morgan fingerprint density at radius 3 is 2.43 bits per heavy atom. The van der Waals surface area contributed by atoms with Gasteiger partial charge in [0.05, 0.1) is 18.4 Å². The Morgan fingerprint density at radius 2 is 1.77 bits per heavy atom. The fourth-order valence-electron chi connectivity index (χ4n) is 5.09. The van der Waals surface area contributed by atoms with E-state index in [0.29, 0.717) is 11.5 Å². The molecule has 9 heteroatoms. The summed E-state index contributed by atoms with van der Waals surface area (Å²) < 4.78 is 39.1. The number of esters is 1. The molecule has 35 heavy (non-hydrogen) atoms. The van der Waals surface area contributed by atoms with Crippen LogP contribution < -0.4 is 5.32 Å². The van der Waals surface area contributed by atoms with Crippen molar-refractivity contribution in [1.29, 1.82) is 0 Å². The average molecular weight is 489 g/mol. The van der Waals surface area contributed by atoms with Crippen LogP contribution in [0, 0.1) is 0 Å². The van der Waals surface area contributed by atoms with Gasteiger partial charge in [-0.1, -0.05) is 43.5 Å². The van der Waals surface area contributed by atoms with Crippen LogP contribution in [0.15, 0.2) is 42.5 Å². The fraction of sp³-hybridized carbons (Fsp3) is 0.385. The molecule has 1 fully saturated rings. The van der Waals surface area contributed by atoms with E-state index in [1.807, 2.05) is 12.1 Å². The summed E-state index contributed by atoms with van der Waals surface area (Å²) in [4.78, 5) is 21.1. The summed E-state index contributed by atoms with van der Waals surface area (Å²) in [5, 5.41) is 12.0. The number of carboxylic acids is 1. The lowest BCUT2D eigenvalue weighted by atomic mass is 9.81. The Hall–Kier alpha value is -3.49. The molecule has 0 radical (unpaired) electrons. The number of carbonyl (C=O) groups excluding carboxylic acids is 1. The molecular formula is C26H27F3N2O4. The van der Waals surface area contributed by atoms with Crippen molar-refractivity contribution in [3.8, 4) is 11.3 Å². The van der Waals surface area contributed by atoms with Gasteiger partial charge in [-0.05, 0) is 42.5 Å². The van der Waals surface area contributed by atoms with Crippen molar-refractivity contribution >= 4 is 28.5 Å². The molecular weight excluding hydrogens is 461 g/mol. The molecule has 0 saturated heterocycles. The SMILES string of the molecule is COC(=O)c1ccc2c(C3CCCCC3)c3n(c2c1)CCNc1ccccc1-3.O=C(O)C(F)(F)F. The van der Waals surface area contributed by atoms with E-state index in [1.165, 1.54) is 67.1 Å². The predicted octanol–water partition coefficient (Wildman–Crippen LogP) is 6.20. The molecule has 186 valence electrons. The number of alkyl halides is 3. The first-order valence-electron chi connectivity index (χ1n) is 11.6. The number of nitrogens with one attached hydrogen (secondary N) is 1.